The summed E-state index contributed by atoms with van der Waals surface area (Å²) in [6.07, 6.45) is 1.91. The number of rotatable bonds is 4. The fourth-order valence-corrected chi connectivity index (χ4v) is 2.43. The Morgan fingerprint density at radius 2 is 2.11 bits per heavy atom. The van der Waals surface area contributed by atoms with Crippen LogP contribution in [0.5, 0.6) is 0 Å². The van der Waals surface area contributed by atoms with Gasteiger partial charge in [-0.1, -0.05) is 6.92 Å². The molecule has 100 valence electrons. The van der Waals surface area contributed by atoms with Gasteiger partial charge in [-0.2, -0.15) is 0 Å². The predicted molar refractivity (Wildman–Crippen MR) is 71.4 cm³/mol. The molecule has 4 nitrogen and oxygen atoms in total. The number of nitrogens with one attached hydrogen (secondary N) is 1. The summed E-state index contributed by atoms with van der Waals surface area (Å²) in [6, 6.07) is 0. The normalized spacial score (nSPS) is 18.2. The number of fused-ring (bicyclic) bond motifs is 1. The molecule has 1 unspecified atom stereocenters. The van der Waals surface area contributed by atoms with Gasteiger partial charge < -0.3 is 10.1 Å². The van der Waals surface area contributed by atoms with Crippen LogP contribution < -0.4 is 5.32 Å². The minimum atomic E-state index is -0.369. The molecule has 0 aromatic carbocycles. The van der Waals surface area contributed by atoms with Crippen LogP contribution in [0.15, 0.2) is 0 Å². The third-order valence-electron chi connectivity index (χ3n) is 3.75. The highest BCUT2D eigenvalue weighted by Gasteiger charge is 2.30. The van der Waals surface area contributed by atoms with Crippen molar-refractivity contribution in [2.45, 2.75) is 52.7 Å². The maximum atomic E-state index is 5.87. The summed E-state index contributed by atoms with van der Waals surface area (Å²) in [5, 5.41) is 3.37. The van der Waals surface area contributed by atoms with Gasteiger partial charge in [0.05, 0.1) is 5.69 Å². The minimum Gasteiger partial charge on any atom is -0.368 e. The van der Waals surface area contributed by atoms with Crippen molar-refractivity contribution in [1.82, 2.24) is 15.3 Å². The third kappa shape index (κ3) is 2.40. The molecule has 0 fully saturated rings. The van der Waals surface area contributed by atoms with Crippen LogP contribution in [0.1, 0.15) is 50.0 Å². The van der Waals surface area contributed by atoms with E-state index in [0.29, 0.717) is 6.61 Å². The molecule has 1 aliphatic rings. The minimum absolute atomic E-state index is 0.369. The highest BCUT2D eigenvalue weighted by molar-refractivity contribution is 5.28. The highest BCUT2D eigenvalue weighted by atomic mass is 16.5. The van der Waals surface area contributed by atoms with Crippen molar-refractivity contribution >= 4 is 0 Å². The van der Waals surface area contributed by atoms with Gasteiger partial charge in [0.2, 0.25) is 0 Å². The van der Waals surface area contributed by atoms with E-state index in [9.17, 15) is 0 Å². The fraction of sp³-hybridized carbons (Fsp3) is 0.714. The molecule has 2 rings (SSSR count). The van der Waals surface area contributed by atoms with Gasteiger partial charge in [0.15, 0.2) is 5.82 Å². The Morgan fingerprint density at radius 1 is 1.33 bits per heavy atom. The van der Waals surface area contributed by atoms with Crippen molar-refractivity contribution in [2.24, 2.45) is 0 Å². The predicted octanol–water partition coefficient (Wildman–Crippen LogP) is 2.09. The second kappa shape index (κ2) is 5.33. The number of nitrogens with zero attached hydrogens (tertiary/aromatic N) is 2. The zero-order valence-corrected chi connectivity index (χ0v) is 11.8. The largest absolute Gasteiger partial charge is 0.368 e. The van der Waals surface area contributed by atoms with Crippen LogP contribution >= 0.6 is 0 Å². The summed E-state index contributed by atoms with van der Waals surface area (Å²) >= 11 is 0. The summed E-state index contributed by atoms with van der Waals surface area (Å²) < 4.78 is 5.87. The zero-order chi connectivity index (χ0) is 13.2. The van der Waals surface area contributed by atoms with E-state index in [1.54, 1.807) is 0 Å². The fourth-order valence-electron chi connectivity index (χ4n) is 2.43. The molecule has 0 saturated heterocycles. The number of aryl methyl sites for hydroxylation is 1. The summed E-state index contributed by atoms with van der Waals surface area (Å²) in [7, 11) is 0. The van der Waals surface area contributed by atoms with Crippen molar-refractivity contribution < 1.29 is 4.74 Å². The summed E-state index contributed by atoms with van der Waals surface area (Å²) in [6.45, 7) is 10.8. The topological polar surface area (TPSA) is 47.0 Å². The van der Waals surface area contributed by atoms with Crippen LogP contribution in [0.25, 0.3) is 0 Å². The average Bonchev–Trinajstić information content (AvgIpc) is 2.39. The maximum Gasteiger partial charge on any atom is 0.160 e. The van der Waals surface area contributed by atoms with E-state index in [0.717, 1.165) is 43.1 Å². The lowest BCUT2D eigenvalue weighted by Gasteiger charge is -2.29. The van der Waals surface area contributed by atoms with Crippen molar-refractivity contribution in [3.63, 3.8) is 0 Å². The lowest BCUT2D eigenvalue weighted by atomic mass is 9.99. The molecule has 1 aromatic rings. The molecule has 1 atom stereocenters. The van der Waals surface area contributed by atoms with Gasteiger partial charge in [-0.15, -0.1) is 0 Å². The lowest BCUT2D eigenvalue weighted by Crippen LogP contribution is -2.32. The molecule has 0 aliphatic carbocycles. The van der Waals surface area contributed by atoms with Crippen LogP contribution in [0, 0.1) is 6.92 Å². The standard InChI is InChI=1S/C14H23N3O/c1-5-14(4,18-6-2)13-16-10(3)11-7-8-15-9-12(11)17-13/h15H,5-9H2,1-4H3. The SMILES string of the molecule is CCOC(C)(CC)c1nc(C)c2c(n1)CNCC2. The molecule has 1 aromatic heterocycles. The van der Waals surface area contributed by atoms with Gasteiger partial charge in [-0.3, -0.25) is 0 Å². The van der Waals surface area contributed by atoms with Crippen molar-refractivity contribution in [1.29, 1.82) is 0 Å². The summed E-state index contributed by atoms with van der Waals surface area (Å²) in [5.74, 6) is 0.826. The first-order valence-electron chi connectivity index (χ1n) is 6.82. The first-order valence-corrected chi connectivity index (χ1v) is 6.82. The molecule has 0 bridgehead atoms. The Labute approximate surface area is 109 Å². The second-order valence-electron chi connectivity index (χ2n) is 5.00. The smallest absolute Gasteiger partial charge is 0.160 e. The Kier molecular flexibility index (Phi) is 3.97. The second-order valence-corrected chi connectivity index (χ2v) is 5.00. The molecule has 4 heteroatoms. The molecule has 0 saturated carbocycles. The first-order chi connectivity index (χ1) is 8.60. The van der Waals surface area contributed by atoms with E-state index in [-0.39, 0.29) is 5.60 Å². The Hall–Kier alpha value is -1.00. The average molecular weight is 249 g/mol. The van der Waals surface area contributed by atoms with Gasteiger partial charge in [-0.05, 0) is 45.7 Å². The number of hydrogen-bond donors (Lipinski definition) is 1. The van der Waals surface area contributed by atoms with Crippen LogP contribution in [0.2, 0.25) is 0 Å². The molecular weight excluding hydrogens is 226 g/mol. The van der Waals surface area contributed by atoms with E-state index in [2.05, 4.69) is 31.1 Å². The first kappa shape index (κ1) is 13.4. The van der Waals surface area contributed by atoms with Gasteiger partial charge in [0.25, 0.3) is 0 Å². The Morgan fingerprint density at radius 3 is 2.78 bits per heavy atom. The van der Waals surface area contributed by atoms with E-state index < -0.39 is 0 Å². The third-order valence-corrected chi connectivity index (χ3v) is 3.75. The molecule has 2 heterocycles. The van der Waals surface area contributed by atoms with Gasteiger partial charge in [0, 0.05) is 18.8 Å². The van der Waals surface area contributed by atoms with E-state index in [1.807, 2.05) is 6.92 Å². The highest BCUT2D eigenvalue weighted by Crippen LogP contribution is 2.28. The molecule has 1 aliphatic heterocycles. The summed E-state index contributed by atoms with van der Waals surface area (Å²) in [4.78, 5) is 9.42. The van der Waals surface area contributed by atoms with Crippen molar-refractivity contribution in [2.75, 3.05) is 13.2 Å². The maximum absolute atomic E-state index is 5.87. The van der Waals surface area contributed by atoms with Crippen molar-refractivity contribution in [3.8, 4) is 0 Å². The molecule has 0 amide bonds. The van der Waals surface area contributed by atoms with Gasteiger partial charge >= 0.3 is 0 Å². The van der Waals surface area contributed by atoms with Crippen molar-refractivity contribution in [3.05, 3.63) is 22.8 Å². The quantitative estimate of drug-likeness (QED) is 0.887. The van der Waals surface area contributed by atoms with Crippen LogP contribution in [0.4, 0.5) is 0 Å². The van der Waals surface area contributed by atoms with Crippen LogP contribution in [-0.2, 0) is 23.3 Å². The van der Waals surface area contributed by atoms with Gasteiger partial charge in [0.1, 0.15) is 5.60 Å². The zero-order valence-electron chi connectivity index (χ0n) is 11.8. The number of ether oxygens (including phenoxy) is 1. The molecule has 1 N–H and O–H groups in total. The molecule has 18 heavy (non-hydrogen) atoms. The molecule has 0 radical (unpaired) electrons. The van der Waals surface area contributed by atoms with Crippen LogP contribution in [-0.4, -0.2) is 23.1 Å². The number of aromatic nitrogens is 2. The van der Waals surface area contributed by atoms with E-state index in [4.69, 9.17) is 9.72 Å². The van der Waals surface area contributed by atoms with Gasteiger partial charge in [-0.25, -0.2) is 9.97 Å². The van der Waals surface area contributed by atoms with E-state index in [1.165, 1.54) is 5.56 Å². The van der Waals surface area contributed by atoms with Crippen LogP contribution in [0.3, 0.4) is 0 Å². The van der Waals surface area contributed by atoms with E-state index >= 15 is 0 Å². The Balaban J connectivity index is 2.42. The monoisotopic (exact) mass is 249 g/mol. The number of hydrogen-bond acceptors (Lipinski definition) is 4. The molecule has 0 spiro atoms. The lowest BCUT2D eigenvalue weighted by molar-refractivity contribution is -0.0393. The molecular formula is C14H23N3O. The Bertz CT molecular complexity index is 433. The summed E-state index contributed by atoms with van der Waals surface area (Å²) in [5.41, 5.74) is 3.19.